The van der Waals surface area contributed by atoms with Crippen LogP contribution in [0.3, 0.4) is 0 Å². The SMILES string of the molecule is Cc1coc(C2=N[C@@H](c3ccc(F)cc3Cl)C=C(CN3CC(F)(F)C[C@H]3C(=O)O)N2)n1. The van der Waals surface area contributed by atoms with Gasteiger partial charge in [-0.1, -0.05) is 17.7 Å². The summed E-state index contributed by atoms with van der Waals surface area (Å²) in [5.74, 6) is -4.53. The van der Waals surface area contributed by atoms with Gasteiger partial charge in [-0.2, -0.15) is 0 Å². The first-order valence-corrected chi connectivity index (χ1v) is 9.77. The molecule has 11 heteroatoms. The number of benzene rings is 1. The van der Waals surface area contributed by atoms with Crippen molar-refractivity contribution < 1.29 is 27.5 Å². The van der Waals surface area contributed by atoms with Crippen LogP contribution in [0.4, 0.5) is 13.2 Å². The monoisotopic (exact) mass is 454 g/mol. The molecule has 3 heterocycles. The van der Waals surface area contributed by atoms with Gasteiger partial charge in [0.05, 0.1) is 18.3 Å². The molecule has 164 valence electrons. The molecular formula is C20H18ClF3N4O3. The van der Waals surface area contributed by atoms with E-state index in [1.54, 1.807) is 13.0 Å². The number of amidine groups is 1. The van der Waals surface area contributed by atoms with Crippen LogP contribution in [-0.2, 0) is 4.79 Å². The molecular weight excluding hydrogens is 437 g/mol. The fourth-order valence-electron chi connectivity index (χ4n) is 3.67. The summed E-state index contributed by atoms with van der Waals surface area (Å²) in [5.41, 5.74) is 1.52. The van der Waals surface area contributed by atoms with Crippen molar-refractivity contribution in [1.82, 2.24) is 15.2 Å². The minimum atomic E-state index is -3.10. The lowest BCUT2D eigenvalue weighted by molar-refractivity contribution is -0.142. The van der Waals surface area contributed by atoms with E-state index in [9.17, 15) is 23.1 Å². The summed E-state index contributed by atoms with van der Waals surface area (Å²) in [6.07, 6.45) is 2.30. The minimum absolute atomic E-state index is 0.0966. The Morgan fingerprint density at radius 1 is 1.45 bits per heavy atom. The smallest absolute Gasteiger partial charge is 0.321 e. The van der Waals surface area contributed by atoms with Crippen LogP contribution in [0.25, 0.3) is 0 Å². The number of hydrogen-bond donors (Lipinski definition) is 2. The first-order chi connectivity index (χ1) is 14.6. The number of hydrogen-bond acceptors (Lipinski definition) is 6. The molecule has 1 saturated heterocycles. The molecule has 7 nitrogen and oxygen atoms in total. The van der Waals surface area contributed by atoms with Crippen LogP contribution in [-0.4, -0.2) is 51.8 Å². The maximum absolute atomic E-state index is 13.9. The molecule has 1 fully saturated rings. The Morgan fingerprint density at radius 2 is 2.23 bits per heavy atom. The van der Waals surface area contributed by atoms with Crippen LogP contribution in [0.1, 0.15) is 29.6 Å². The first-order valence-electron chi connectivity index (χ1n) is 9.39. The number of aliphatic carboxylic acids is 1. The molecule has 1 aromatic heterocycles. The summed E-state index contributed by atoms with van der Waals surface area (Å²) < 4.78 is 46.7. The van der Waals surface area contributed by atoms with Crippen LogP contribution in [0.2, 0.25) is 5.02 Å². The minimum Gasteiger partial charge on any atom is -0.480 e. The second kappa shape index (κ2) is 8.01. The first kappa shape index (κ1) is 21.4. The highest BCUT2D eigenvalue weighted by atomic mass is 35.5. The van der Waals surface area contributed by atoms with E-state index in [2.05, 4.69) is 15.3 Å². The molecule has 0 saturated carbocycles. The Bertz CT molecular complexity index is 1090. The number of aliphatic imine (C=N–C) groups is 1. The fourth-order valence-corrected chi connectivity index (χ4v) is 3.95. The molecule has 2 aliphatic heterocycles. The quantitative estimate of drug-likeness (QED) is 0.718. The number of oxazole rings is 1. The number of carboxylic acid groups (broad SMARTS) is 1. The summed E-state index contributed by atoms with van der Waals surface area (Å²) in [7, 11) is 0. The molecule has 1 aromatic carbocycles. The van der Waals surface area contributed by atoms with E-state index in [-0.39, 0.29) is 23.3 Å². The van der Waals surface area contributed by atoms with Gasteiger partial charge >= 0.3 is 5.97 Å². The van der Waals surface area contributed by atoms with Gasteiger partial charge in [0, 0.05) is 23.7 Å². The number of rotatable bonds is 5. The van der Waals surface area contributed by atoms with Crippen molar-refractivity contribution in [2.45, 2.75) is 31.4 Å². The van der Waals surface area contributed by atoms with E-state index in [0.717, 1.165) is 6.07 Å². The summed E-state index contributed by atoms with van der Waals surface area (Å²) in [6.45, 7) is 0.946. The average molecular weight is 455 g/mol. The Hall–Kier alpha value is -2.85. The molecule has 2 atom stereocenters. The van der Waals surface area contributed by atoms with Gasteiger partial charge in [0.25, 0.3) is 11.8 Å². The highest BCUT2D eigenvalue weighted by molar-refractivity contribution is 6.31. The second-order valence-electron chi connectivity index (χ2n) is 7.52. The molecule has 0 radical (unpaired) electrons. The largest absolute Gasteiger partial charge is 0.480 e. The maximum atomic E-state index is 13.9. The lowest BCUT2D eigenvalue weighted by atomic mass is 10.0. The van der Waals surface area contributed by atoms with E-state index in [4.69, 9.17) is 16.0 Å². The van der Waals surface area contributed by atoms with Gasteiger partial charge in [-0.25, -0.2) is 18.2 Å². The number of carbonyl (C=O) groups is 1. The highest BCUT2D eigenvalue weighted by Gasteiger charge is 2.48. The third-order valence-corrected chi connectivity index (χ3v) is 5.36. The average Bonchev–Trinajstić information content (AvgIpc) is 3.24. The number of likely N-dealkylation sites (tertiary alicyclic amines) is 1. The third kappa shape index (κ3) is 4.59. The summed E-state index contributed by atoms with van der Waals surface area (Å²) >= 11 is 6.20. The Kier molecular flexibility index (Phi) is 5.52. The standard InChI is InChI=1S/C20H18ClF3N4O3/c1-10-8-31-18(25-10)17-26-12(7-28-9-20(23,24)6-16(28)19(29)30)5-15(27-17)13-3-2-11(22)4-14(13)21/h2-5,8,15-16H,6-7,9H2,1H3,(H,26,27)(H,29,30)/t15-,16+/m1/s1. The van der Waals surface area contributed by atoms with Gasteiger partial charge in [0.1, 0.15) is 18.1 Å². The molecule has 2 N–H and O–H groups in total. The lowest BCUT2D eigenvalue weighted by Crippen LogP contribution is -2.41. The normalized spacial score (nSPS) is 23.3. The van der Waals surface area contributed by atoms with Gasteiger partial charge < -0.3 is 14.8 Å². The molecule has 4 rings (SSSR count). The van der Waals surface area contributed by atoms with E-state index >= 15 is 0 Å². The molecule has 2 aliphatic rings. The molecule has 0 unspecified atom stereocenters. The fraction of sp³-hybridized carbons (Fsp3) is 0.350. The van der Waals surface area contributed by atoms with Crippen molar-refractivity contribution in [3.8, 4) is 0 Å². The van der Waals surface area contributed by atoms with E-state index in [0.29, 0.717) is 17.0 Å². The zero-order chi connectivity index (χ0) is 22.3. The zero-order valence-corrected chi connectivity index (χ0v) is 17.0. The summed E-state index contributed by atoms with van der Waals surface area (Å²) in [6, 6.07) is 1.87. The number of nitrogens with one attached hydrogen (secondary N) is 1. The maximum Gasteiger partial charge on any atom is 0.321 e. The molecule has 2 aromatic rings. The number of halogens is 4. The highest BCUT2D eigenvalue weighted by Crippen LogP contribution is 2.34. The second-order valence-corrected chi connectivity index (χ2v) is 7.93. The Labute approximate surface area is 180 Å². The van der Waals surface area contributed by atoms with E-state index in [1.807, 2.05) is 0 Å². The van der Waals surface area contributed by atoms with Gasteiger partial charge in [0.15, 0.2) is 5.84 Å². The number of aryl methyl sites for hydroxylation is 1. The van der Waals surface area contributed by atoms with Crippen LogP contribution in [0.15, 0.2) is 45.6 Å². The molecule has 0 spiro atoms. The number of alkyl halides is 2. The van der Waals surface area contributed by atoms with Crippen molar-refractivity contribution in [3.05, 3.63) is 64.2 Å². The van der Waals surface area contributed by atoms with Crippen molar-refractivity contribution in [3.63, 3.8) is 0 Å². The predicted molar refractivity (Wildman–Crippen MR) is 106 cm³/mol. The molecule has 0 bridgehead atoms. The predicted octanol–water partition coefficient (Wildman–Crippen LogP) is 3.54. The van der Waals surface area contributed by atoms with Crippen molar-refractivity contribution >= 4 is 23.4 Å². The van der Waals surface area contributed by atoms with Crippen LogP contribution in [0.5, 0.6) is 0 Å². The Balaban J connectivity index is 1.68. The molecule has 0 aliphatic carbocycles. The van der Waals surface area contributed by atoms with Crippen molar-refractivity contribution in [2.75, 3.05) is 13.1 Å². The van der Waals surface area contributed by atoms with Crippen LogP contribution in [0, 0.1) is 12.7 Å². The van der Waals surface area contributed by atoms with Crippen LogP contribution >= 0.6 is 11.6 Å². The lowest BCUT2D eigenvalue weighted by Gasteiger charge is -2.26. The van der Waals surface area contributed by atoms with Gasteiger partial charge in [-0.15, -0.1) is 0 Å². The van der Waals surface area contributed by atoms with Gasteiger partial charge in [0.2, 0.25) is 0 Å². The van der Waals surface area contributed by atoms with Crippen molar-refractivity contribution in [2.24, 2.45) is 4.99 Å². The summed E-state index contributed by atoms with van der Waals surface area (Å²) in [5, 5.41) is 12.5. The third-order valence-electron chi connectivity index (χ3n) is 5.03. The topological polar surface area (TPSA) is 91.0 Å². The zero-order valence-electron chi connectivity index (χ0n) is 16.3. The van der Waals surface area contributed by atoms with E-state index in [1.165, 1.54) is 23.3 Å². The van der Waals surface area contributed by atoms with Gasteiger partial charge in [-0.3, -0.25) is 14.7 Å². The molecule has 31 heavy (non-hydrogen) atoms. The van der Waals surface area contributed by atoms with Crippen molar-refractivity contribution in [1.29, 1.82) is 0 Å². The number of nitrogens with zero attached hydrogens (tertiary/aromatic N) is 3. The summed E-state index contributed by atoms with van der Waals surface area (Å²) in [4.78, 5) is 21.4. The van der Waals surface area contributed by atoms with Gasteiger partial charge in [-0.05, 0) is 30.7 Å². The number of carboxylic acids is 1. The Morgan fingerprint density at radius 3 is 2.87 bits per heavy atom. The molecule has 0 amide bonds. The van der Waals surface area contributed by atoms with E-state index < -0.39 is 42.8 Å². The number of aromatic nitrogens is 1. The van der Waals surface area contributed by atoms with Crippen LogP contribution < -0.4 is 5.32 Å².